The Bertz CT molecular complexity index is 480. The van der Waals surface area contributed by atoms with Gasteiger partial charge in [0.15, 0.2) is 0 Å². The van der Waals surface area contributed by atoms with Crippen molar-refractivity contribution in [3.8, 4) is 0 Å². The average Bonchev–Trinajstić information content (AvgIpc) is 2.32. The predicted octanol–water partition coefficient (Wildman–Crippen LogP) is 4.97. The Labute approximate surface area is 132 Å². The van der Waals surface area contributed by atoms with Crippen LogP contribution in [0, 0.1) is 25.4 Å². The van der Waals surface area contributed by atoms with Gasteiger partial charge in [-0.2, -0.15) is 0 Å². The Balaban J connectivity index is 2.75. The van der Waals surface area contributed by atoms with E-state index in [0.29, 0.717) is 5.92 Å². The molecule has 0 aliphatic carbocycles. The van der Waals surface area contributed by atoms with Crippen LogP contribution < -0.4 is 5.32 Å². The summed E-state index contributed by atoms with van der Waals surface area (Å²) in [6.07, 6.45) is 3.07. The normalized spacial score (nSPS) is 12.5. The van der Waals surface area contributed by atoms with E-state index in [-0.39, 0.29) is 21.0 Å². The monoisotopic (exact) mass is 394 g/mol. The lowest BCUT2D eigenvalue weighted by Gasteiger charge is -2.16. The molecule has 0 bridgehead atoms. The first-order valence-corrected chi connectivity index (χ1v) is 7.79. The molecule has 6 heteroatoms. The van der Waals surface area contributed by atoms with Crippen molar-refractivity contribution in [2.45, 2.75) is 46.1 Å². The molecule has 0 aromatic heterocycles. The van der Waals surface area contributed by atoms with Gasteiger partial charge in [-0.3, -0.25) is 10.1 Å². The smallest absolute Gasteiger partial charge is 0.293 e. The molecule has 112 valence electrons. The highest BCUT2D eigenvalue weighted by molar-refractivity contribution is 14.1. The zero-order valence-corrected chi connectivity index (χ0v) is 14.1. The lowest BCUT2D eigenvalue weighted by atomic mass is 10.0. The molecule has 1 atom stereocenters. The number of hydrogen-bond donors (Lipinski definition) is 1. The van der Waals surface area contributed by atoms with Gasteiger partial charge >= 0.3 is 0 Å². The van der Waals surface area contributed by atoms with Gasteiger partial charge in [0, 0.05) is 18.2 Å². The number of nitro groups is 1. The number of halogens is 2. The van der Waals surface area contributed by atoms with Crippen LogP contribution in [-0.2, 0) is 0 Å². The first-order chi connectivity index (χ1) is 9.31. The lowest BCUT2D eigenvalue weighted by molar-refractivity contribution is -0.384. The maximum absolute atomic E-state index is 13.6. The standard InChI is InChI=1S/C14H20FIN2O2/c1-9(2)5-4-6-10(3)17-13-7-11(15)12(16)8-14(13)18(19)20/h7-10,17H,4-6H2,1-3H3. The number of anilines is 1. The van der Waals surface area contributed by atoms with Gasteiger partial charge in [-0.05, 0) is 41.9 Å². The second kappa shape index (κ2) is 7.75. The van der Waals surface area contributed by atoms with Crippen molar-refractivity contribution in [3.63, 3.8) is 0 Å². The van der Waals surface area contributed by atoms with Gasteiger partial charge in [-0.1, -0.05) is 26.7 Å². The van der Waals surface area contributed by atoms with Gasteiger partial charge in [0.05, 0.1) is 8.49 Å². The van der Waals surface area contributed by atoms with Crippen LogP contribution >= 0.6 is 22.6 Å². The molecule has 1 aromatic rings. The highest BCUT2D eigenvalue weighted by Crippen LogP contribution is 2.29. The van der Waals surface area contributed by atoms with Gasteiger partial charge in [0.2, 0.25) is 0 Å². The maximum atomic E-state index is 13.6. The first-order valence-electron chi connectivity index (χ1n) is 6.71. The van der Waals surface area contributed by atoms with Crippen LogP contribution in [0.4, 0.5) is 15.8 Å². The van der Waals surface area contributed by atoms with Crippen molar-refractivity contribution in [1.82, 2.24) is 0 Å². The van der Waals surface area contributed by atoms with E-state index >= 15 is 0 Å². The number of rotatable bonds is 7. The van der Waals surface area contributed by atoms with Gasteiger partial charge in [-0.25, -0.2) is 4.39 Å². The molecule has 1 aromatic carbocycles. The molecule has 0 saturated carbocycles. The molecule has 0 radical (unpaired) electrons. The third-order valence-corrected chi connectivity index (χ3v) is 3.88. The molecule has 0 aliphatic rings. The Morgan fingerprint density at radius 2 is 2.00 bits per heavy atom. The molecule has 0 aliphatic heterocycles. The molecule has 0 heterocycles. The molecular weight excluding hydrogens is 374 g/mol. The molecule has 0 amide bonds. The molecule has 0 saturated heterocycles. The fourth-order valence-electron chi connectivity index (χ4n) is 1.97. The summed E-state index contributed by atoms with van der Waals surface area (Å²) in [7, 11) is 0. The molecule has 1 rings (SSSR count). The summed E-state index contributed by atoms with van der Waals surface area (Å²) < 4.78 is 13.8. The van der Waals surface area contributed by atoms with Gasteiger partial charge < -0.3 is 5.32 Å². The van der Waals surface area contributed by atoms with Gasteiger partial charge in [0.1, 0.15) is 11.5 Å². The predicted molar refractivity (Wildman–Crippen MR) is 87.5 cm³/mol. The van der Waals surface area contributed by atoms with Gasteiger partial charge in [-0.15, -0.1) is 0 Å². The molecular formula is C14H20FIN2O2. The van der Waals surface area contributed by atoms with Crippen molar-refractivity contribution >= 4 is 34.0 Å². The minimum absolute atomic E-state index is 0.0758. The van der Waals surface area contributed by atoms with E-state index in [2.05, 4.69) is 19.2 Å². The maximum Gasteiger partial charge on any atom is 0.293 e. The van der Waals surface area contributed by atoms with Crippen LogP contribution in [0.1, 0.15) is 40.0 Å². The number of nitrogens with one attached hydrogen (secondary N) is 1. The summed E-state index contributed by atoms with van der Waals surface area (Å²) in [5, 5.41) is 14.1. The highest BCUT2D eigenvalue weighted by atomic mass is 127. The fraction of sp³-hybridized carbons (Fsp3) is 0.571. The second-order valence-corrected chi connectivity index (χ2v) is 6.57. The van der Waals surface area contributed by atoms with Gasteiger partial charge in [0.25, 0.3) is 5.69 Å². The van der Waals surface area contributed by atoms with Crippen LogP contribution in [0.3, 0.4) is 0 Å². The number of nitro benzene ring substituents is 1. The second-order valence-electron chi connectivity index (χ2n) is 5.41. The van der Waals surface area contributed by atoms with Crippen molar-refractivity contribution < 1.29 is 9.31 Å². The van der Waals surface area contributed by atoms with E-state index in [1.807, 2.05) is 6.92 Å². The molecule has 1 unspecified atom stereocenters. The summed E-state index contributed by atoms with van der Waals surface area (Å²) in [6, 6.07) is 2.55. The zero-order valence-electron chi connectivity index (χ0n) is 12.0. The lowest BCUT2D eigenvalue weighted by Crippen LogP contribution is -2.16. The summed E-state index contributed by atoms with van der Waals surface area (Å²) in [5.41, 5.74) is 0.177. The van der Waals surface area contributed by atoms with E-state index in [1.54, 1.807) is 22.6 Å². The fourth-order valence-corrected chi connectivity index (χ4v) is 2.42. The van der Waals surface area contributed by atoms with Crippen molar-refractivity contribution in [1.29, 1.82) is 0 Å². The molecule has 1 N–H and O–H groups in total. The van der Waals surface area contributed by atoms with E-state index in [4.69, 9.17) is 0 Å². The van der Waals surface area contributed by atoms with Crippen molar-refractivity contribution in [2.24, 2.45) is 5.92 Å². The van der Waals surface area contributed by atoms with E-state index < -0.39 is 10.7 Å². The van der Waals surface area contributed by atoms with E-state index in [1.165, 1.54) is 12.1 Å². The number of nitrogens with zero attached hydrogens (tertiary/aromatic N) is 1. The topological polar surface area (TPSA) is 55.2 Å². The third kappa shape index (κ3) is 5.22. The van der Waals surface area contributed by atoms with Crippen LogP contribution in [0.2, 0.25) is 0 Å². The minimum Gasteiger partial charge on any atom is -0.377 e. The van der Waals surface area contributed by atoms with Crippen LogP contribution in [0.15, 0.2) is 12.1 Å². The van der Waals surface area contributed by atoms with Crippen LogP contribution in [0.25, 0.3) is 0 Å². The van der Waals surface area contributed by atoms with E-state index in [0.717, 1.165) is 19.3 Å². The summed E-state index contributed by atoms with van der Waals surface area (Å²) in [5.74, 6) is 0.209. The Morgan fingerprint density at radius 3 is 2.55 bits per heavy atom. The molecule has 20 heavy (non-hydrogen) atoms. The molecule has 0 spiro atoms. The summed E-state index contributed by atoms with van der Waals surface area (Å²) >= 11 is 1.76. The Hall–Kier alpha value is -0.920. The summed E-state index contributed by atoms with van der Waals surface area (Å²) in [4.78, 5) is 10.5. The van der Waals surface area contributed by atoms with Crippen molar-refractivity contribution in [2.75, 3.05) is 5.32 Å². The van der Waals surface area contributed by atoms with Crippen molar-refractivity contribution in [3.05, 3.63) is 31.6 Å². The van der Waals surface area contributed by atoms with Crippen LogP contribution in [0.5, 0.6) is 0 Å². The summed E-state index contributed by atoms with van der Waals surface area (Å²) in [6.45, 7) is 6.29. The quantitative estimate of drug-likeness (QED) is 0.404. The molecule has 0 fully saturated rings. The first kappa shape index (κ1) is 17.1. The Morgan fingerprint density at radius 1 is 1.35 bits per heavy atom. The Kier molecular flexibility index (Phi) is 6.64. The number of hydrogen-bond acceptors (Lipinski definition) is 3. The highest BCUT2D eigenvalue weighted by Gasteiger charge is 2.18. The SMILES string of the molecule is CC(C)CCCC(C)Nc1cc(F)c(I)cc1[N+](=O)[O-]. The zero-order chi connectivity index (χ0) is 15.3. The number of benzene rings is 1. The molecule has 4 nitrogen and oxygen atoms in total. The average molecular weight is 394 g/mol. The minimum atomic E-state index is -0.481. The van der Waals surface area contributed by atoms with E-state index in [9.17, 15) is 14.5 Å². The largest absolute Gasteiger partial charge is 0.377 e. The van der Waals surface area contributed by atoms with Crippen LogP contribution in [-0.4, -0.2) is 11.0 Å². The third-order valence-electron chi connectivity index (χ3n) is 3.06.